The van der Waals surface area contributed by atoms with Gasteiger partial charge >= 0.3 is 0 Å². The van der Waals surface area contributed by atoms with Crippen molar-refractivity contribution in [2.75, 3.05) is 5.32 Å². The number of hydrogen-bond donors (Lipinski definition) is 2. The Morgan fingerprint density at radius 3 is 2.69 bits per heavy atom. The van der Waals surface area contributed by atoms with Gasteiger partial charge in [0.15, 0.2) is 0 Å². The third kappa shape index (κ3) is 4.40. The first-order valence-corrected chi connectivity index (χ1v) is 8.95. The second kappa shape index (κ2) is 8.01. The fourth-order valence-corrected chi connectivity index (χ4v) is 3.25. The minimum absolute atomic E-state index is 0.148. The fraction of sp³-hybridized carbons (Fsp3) is 0.100. The molecule has 0 unspecified atom stereocenters. The van der Waals surface area contributed by atoms with Gasteiger partial charge in [0.1, 0.15) is 11.6 Å². The topological polar surface area (TPSA) is 62.2 Å². The second-order valence-corrected chi connectivity index (χ2v) is 6.71. The molecule has 0 atom stereocenters. The van der Waals surface area contributed by atoms with Crippen LogP contribution in [0.5, 0.6) is 5.75 Å². The number of carbonyl (C=O) groups excluding carboxylic acids is 1. The van der Waals surface area contributed by atoms with Crippen LogP contribution in [0.1, 0.15) is 21.5 Å². The molecule has 0 aliphatic rings. The molecule has 1 heterocycles. The molecule has 26 heavy (non-hydrogen) atoms. The summed E-state index contributed by atoms with van der Waals surface area (Å²) < 4.78 is 13.0. The first-order valence-electron chi connectivity index (χ1n) is 7.96. The molecule has 3 aromatic rings. The molecular weight excluding hydrogens is 351 g/mol. The van der Waals surface area contributed by atoms with Gasteiger partial charge in [-0.3, -0.25) is 4.79 Å². The molecule has 0 spiro atoms. The molecule has 0 saturated heterocycles. The van der Waals surface area contributed by atoms with Crippen molar-refractivity contribution in [2.45, 2.75) is 17.7 Å². The van der Waals surface area contributed by atoms with Gasteiger partial charge in [0.05, 0.1) is 16.3 Å². The number of rotatable bonds is 5. The van der Waals surface area contributed by atoms with Crippen molar-refractivity contribution in [3.8, 4) is 5.75 Å². The zero-order valence-electron chi connectivity index (χ0n) is 14.1. The Labute approximate surface area is 155 Å². The largest absolute Gasteiger partial charge is 0.506 e. The van der Waals surface area contributed by atoms with E-state index in [1.165, 1.54) is 29.5 Å². The molecule has 1 aromatic heterocycles. The molecule has 132 valence electrons. The van der Waals surface area contributed by atoms with Gasteiger partial charge in [-0.2, -0.15) is 0 Å². The van der Waals surface area contributed by atoms with Crippen molar-refractivity contribution < 1.29 is 14.3 Å². The summed E-state index contributed by atoms with van der Waals surface area (Å²) in [6.45, 7) is 2.07. The second-order valence-electron chi connectivity index (χ2n) is 5.72. The van der Waals surface area contributed by atoms with Crippen molar-refractivity contribution in [3.05, 3.63) is 83.3 Å². The van der Waals surface area contributed by atoms with Gasteiger partial charge in [-0.15, -0.1) is 11.8 Å². The first kappa shape index (κ1) is 17.9. The van der Waals surface area contributed by atoms with Crippen LogP contribution in [0.3, 0.4) is 0 Å². The van der Waals surface area contributed by atoms with E-state index >= 15 is 0 Å². The SMILES string of the molecule is Cc1ccccc1CSc1ccc(C(=O)Nc2ccc(F)cc2O)cn1. The number of pyridine rings is 1. The number of aryl methyl sites for hydroxylation is 1. The Kier molecular flexibility index (Phi) is 5.53. The van der Waals surface area contributed by atoms with Crippen molar-refractivity contribution in [2.24, 2.45) is 0 Å². The number of thioether (sulfide) groups is 1. The molecule has 2 N–H and O–H groups in total. The Hall–Kier alpha value is -2.86. The lowest BCUT2D eigenvalue weighted by molar-refractivity contribution is 0.102. The Morgan fingerprint density at radius 2 is 2.00 bits per heavy atom. The Bertz CT molecular complexity index is 929. The normalized spacial score (nSPS) is 10.5. The number of halogens is 1. The van der Waals surface area contributed by atoms with Crippen LogP contribution >= 0.6 is 11.8 Å². The maximum absolute atomic E-state index is 13.0. The maximum Gasteiger partial charge on any atom is 0.257 e. The monoisotopic (exact) mass is 368 g/mol. The maximum atomic E-state index is 13.0. The van der Waals surface area contributed by atoms with E-state index in [0.29, 0.717) is 5.56 Å². The molecule has 0 saturated carbocycles. The summed E-state index contributed by atoms with van der Waals surface area (Å²) in [5.74, 6) is -0.516. The molecule has 6 heteroatoms. The van der Waals surface area contributed by atoms with Crippen molar-refractivity contribution in [1.82, 2.24) is 4.98 Å². The van der Waals surface area contributed by atoms with Gasteiger partial charge in [-0.05, 0) is 42.3 Å². The van der Waals surface area contributed by atoms with E-state index in [1.54, 1.807) is 23.9 Å². The Balaban J connectivity index is 1.63. The van der Waals surface area contributed by atoms with E-state index in [1.807, 2.05) is 12.1 Å². The summed E-state index contributed by atoms with van der Waals surface area (Å²) in [7, 11) is 0. The number of carbonyl (C=O) groups is 1. The van der Waals surface area contributed by atoms with Gasteiger partial charge in [0, 0.05) is 18.0 Å². The van der Waals surface area contributed by atoms with Crippen LogP contribution in [0.2, 0.25) is 0 Å². The average molecular weight is 368 g/mol. The predicted molar refractivity (Wildman–Crippen MR) is 101 cm³/mol. The summed E-state index contributed by atoms with van der Waals surface area (Å²) in [6.07, 6.45) is 1.48. The van der Waals surface area contributed by atoms with Crippen molar-refractivity contribution in [1.29, 1.82) is 0 Å². The number of nitrogens with one attached hydrogen (secondary N) is 1. The van der Waals surface area contributed by atoms with E-state index in [9.17, 15) is 14.3 Å². The summed E-state index contributed by atoms with van der Waals surface area (Å²) in [4.78, 5) is 16.5. The highest BCUT2D eigenvalue weighted by Gasteiger charge is 2.10. The lowest BCUT2D eigenvalue weighted by Gasteiger charge is -2.08. The minimum Gasteiger partial charge on any atom is -0.506 e. The quantitative estimate of drug-likeness (QED) is 0.503. The number of amides is 1. The lowest BCUT2D eigenvalue weighted by atomic mass is 10.1. The minimum atomic E-state index is -0.572. The molecule has 1 amide bonds. The van der Waals surface area contributed by atoms with E-state index in [2.05, 4.69) is 29.4 Å². The van der Waals surface area contributed by atoms with E-state index in [-0.39, 0.29) is 11.4 Å². The average Bonchev–Trinajstić information content (AvgIpc) is 2.64. The number of phenols is 1. The number of nitrogens with zero attached hydrogens (tertiary/aromatic N) is 1. The van der Waals surface area contributed by atoms with Gasteiger partial charge in [0.25, 0.3) is 5.91 Å². The van der Waals surface area contributed by atoms with Crippen molar-refractivity contribution >= 4 is 23.4 Å². The fourth-order valence-electron chi connectivity index (χ4n) is 2.33. The summed E-state index contributed by atoms with van der Waals surface area (Å²) in [5.41, 5.74) is 2.98. The third-order valence-electron chi connectivity index (χ3n) is 3.84. The standard InChI is InChI=1S/C20H17FN2O2S/c1-13-4-2-3-5-15(13)12-26-19-9-6-14(11-22-19)20(25)23-17-8-7-16(21)10-18(17)24/h2-11,24H,12H2,1H3,(H,23,25). The first-order chi connectivity index (χ1) is 12.5. The number of anilines is 1. The zero-order chi connectivity index (χ0) is 18.5. The summed E-state index contributed by atoms with van der Waals surface area (Å²) >= 11 is 1.59. The molecule has 4 nitrogen and oxygen atoms in total. The highest BCUT2D eigenvalue weighted by Crippen LogP contribution is 2.25. The van der Waals surface area contributed by atoms with E-state index < -0.39 is 11.7 Å². The van der Waals surface area contributed by atoms with Crippen LogP contribution in [0.25, 0.3) is 0 Å². The molecule has 0 aliphatic carbocycles. The smallest absolute Gasteiger partial charge is 0.257 e. The lowest BCUT2D eigenvalue weighted by Crippen LogP contribution is -2.12. The number of hydrogen-bond acceptors (Lipinski definition) is 4. The van der Waals surface area contributed by atoms with Crippen molar-refractivity contribution in [3.63, 3.8) is 0 Å². The van der Waals surface area contributed by atoms with Crippen LogP contribution in [0.4, 0.5) is 10.1 Å². The summed E-state index contributed by atoms with van der Waals surface area (Å²) in [6, 6.07) is 15.0. The van der Waals surface area contributed by atoms with E-state index in [0.717, 1.165) is 16.8 Å². The molecule has 0 radical (unpaired) electrons. The van der Waals surface area contributed by atoms with Gasteiger partial charge in [-0.25, -0.2) is 9.37 Å². The number of phenolic OH excluding ortho intramolecular Hbond substituents is 1. The van der Waals surface area contributed by atoms with Crippen LogP contribution in [-0.2, 0) is 5.75 Å². The highest BCUT2D eigenvalue weighted by molar-refractivity contribution is 7.98. The van der Waals surface area contributed by atoms with E-state index in [4.69, 9.17) is 0 Å². The molecule has 2 aromatic carbocycles. The van der Waals surface area contributed by atoms with Gasteiger partial charge in [0.2, 0.25) is 0 Å². The molecule has 3 rings (SSSR count). The van der Waals surface area contributed by atoms with Gasteiger partial charge in [-0.1, -0.05) is 24.3 Å². The molecule has 0 fully saturated rings. The zero-order valence-corrected chi connectivity index (χ0v) is 14.9. The van der Waals surface area contributed by atoms with Crippen LogP contribution < -0.4 is 5.32 Å². The number of aromatic nitrogens is 1. The molecule has 0 bridgehead atoms. The molecule has 0 aliphatic heterocycles. The summed E-state index contributed by atoms with van der Waals surface area (Å²) in [5, 5.41) is 13.0. The van der Waals surface area contributed by atoms with Gasteiger partial charge < -0.3 is 10.4 Å². The Morgan fingerprint density at radius 1 is 1.19 bits per heavy atom. The predicted octanol–water partition coefficient (Wildman–Crippen LogP) is 4.78. The van der Waals surface area contributed by atoms with Crippen LogP contribution in [0.15, 0.2) is 65.8 Å². The number of aromatic hydroxyl groups is 1. The van der Waals surface area contributed by atoms with Crippen LogP contribution in [-0.4, -0.2) is 16.0 Å². The third-order valence-corrected chi connectivity index (χ3v) is 4.84. The van der Waals surface area contributed by atoms with Crippen LogP contribution in [0, 0.1) is 12.7 Å². The molecular formula is C20H17FN2O2S. The number of benzene rings is 2. The highest BCUT2D eigenvalue weighted by atomic mass is 32.2.